The molecule has 8 aliphatic rings. The average molecular weight is 812 g/mol. The van der Waals surface area contributed by atoms with E-state index < -0.39 is 71.6 Å². The summed E-state index contributed by atoms with van der Waals surface area (Å²) in [4.78, 5) is 49.6. The molecule has 1 spiro atoms. The van der Waals surface area contributed by atoms with Gasteiger partial charge in [0.05, 0.1) is 31.0 Å². The van der Waals surface area contributed by atoms with Crippen LogP contribution in [0.1, 0.15) is 88.5 Å². The number of nitrogens with zero attached hydrogens (tertiary/aromatic N) is 1. The fraction of sp³-hybridized carbons (Fsp3) is 0.630. The molecule has 3 saturated carbocycles. The van der Waals surface area contributed by atoms with Gasteiger partial charge in [0.25, 0.3) is 0 Å². The average Bonchev–Trinajstić information content (AvgIpc) is 3.48. The van der Waals surface area contributed by atoms with Gasteiger partial charge in [-0.1, -0.05) is 74.0 Å². The molecule has 316 valence electrons. The lowest BCUT2D eigenvalue weighted by Gasteiger charge is -2.53. The molecule has 4 aliphatic heterocycles. The fourth-order valence-electron chi connectivity index (χ4n) is 12.1. The van der Waals surface area contributed by atoms with Crippen LogP contribution in [0.5, 0.6) is 0 Å². The van der Waals surface area contributed by atoms with Crippen LogP contribution in [-0.4, -0.2) is 106 Å². The molecule has 0 radical (unpaired) electrons. The van der Waals surface area contributed by atoms with Crippen LogP contribution in [0, 0.1) is 22.7 Å². The van der Waals surface area contributed by atoms with Gasteiger partial charge in [0.2, 0.25) is 11.8 Å². The molecular formula is C46H57N3O10. The lowest BCUT2D eigenvalue weighted by molar-refractivity contribution is -0.217. The van der Waals surface area contributed by atoms with E-state index in [0.717, 1.165) is 54.4 Å². The van der Waals surface area contributed by atoms with Gasteiger partial charge < -0.3 is 39.8 Å². The van der Waals surface area contributed by atoms with Gasteiger partial charge in [0.15, 0.2) is 11.8 Å². The number of carbonyl (C=O) groups excluding carboxylic acids is 3. The Morgan fingerprint density at radius 3 is 2.44 bits per heavy atom. The molecule has 4 N–H and O–H groups in total. The van der Waals surface area contributed by atoms with Crippen molar-refractivity contribution in [2.45, 2.75) is 146 Å². The number of hydrogen-bond donors (Lipinski definition) is 4. The summed E-state index contributed by atoms with van der Waals surface area (Å²) in [5.74, 6) is -1.85. The first-order chi connectivity index (χ1) is 28.2. The zero-order valence-corrected chi connectivity index (χ0v) is 34.4. The number of aliphatic hydroxyl groups excluding tert-OH is 2. The smallest absolute Gasteiger partial charge is 0.327 e. The Kier molecular flexibility index (Phi) is 9.48. The maximum absolute atomic E-state index is 15.0. The number of hydrogen-bond acceptors (Lipinski definition) is 11. The quantitative estimate of drug-likeness (QED) is 0.216. The molecule has 2 aromatic carbocycles. The lowest BCUT2D eigenvalue weighted by atomic mass is 9.52. The highest BCUT2D eigenvalue weighted by atomic mass is 16.8. The maximum atomic E-state index is 15.0. The third-order valence-corrected chi connectivity index (χ3v) is 15.3. The van der Waals surface area contributed by atoms with Gasteiger partial charge in [0, 0.05) is 25.8 Å². The molecule has 0 aromatic heterocycles. The minimum atomic E-state index is -1.56. The largest absolute Gasteiger partial charge is 0.458 e. The van der Waals surface area contributed by atoms with E-state index in [9.17, 15) is 19.8 Å². The molecule has 7 fully saturated rings. The van der Waals surface area contributed by atoms with Crippen molar-refractivity contribution in [1.82, 2.24) is 15.7 Å². The van der Waals surface area contributed by atoms with Gasteiger partial charge in [-0.25, -0.2) is 0 Å². The molecule has 12 atom stereocenters. The minimum absolute atomic E-state index is 0.0176. The Morgan fingerprint density at radius 1 is 0.983 bits per heavy atom. The first-order valence-electron chi connectivity index (χ1n) is 21.6. The van der Waals surface area contributed by atoms with Gasteiger partial charge in [0.1, 0.15) is 35.9 Å². The van der Waals surface area contributed by atoms with E-state index in [1.54, 1.807) is 5.06 Å². The third-order valence-electron chi connectivity index (χ3n) is 15.3. The van der Waals surface area contributed by atoms with Crippen molar-refractivity contribution in [3.05, 3.63) is 76.4 Å². The van der Waals surface area contributed by atoms with Gasteiger partial charge in [-0.3, -0.25) is 19.2 Å². The minimum Gasteiger partial charge on any atom is -0.458 e. The van der Waals surface area contributed by atoms with E-state index in [1.165, 1.54) is 12.5 Å². The van der Waals surface area contributed by atoms with Crippen molar-refractivity contribution >= 4 is 23.9 Å². The molecular weight excluding hydrogens is 755 g/mol. The van der Waals surface area contributed by atoms with E-state index >= 15 is 4.79 Å². The SMILES string of the molecule is CC(O)C(NC(=O)C12CC3OC(=O)C1N(Cc1ccccc1C=C1CCC4OC4(C)CCC4C1CC4(C)C)OC2C1OC2(Cc4ccccc4C2)OC31)C(=O)NCCO. The second kappa shape index (κ2) is 14.2. The van der Waals surface area contributed by atoms with Crippen molar-refractivity contribution in [3.8, 4) is 0 Å². The highest BCUT2D eigenvalue weighted by Crippen LogP contribution is 2.61. The molecule has 4 heterocycles. The molecule has 4 aliphatic carbocycles. The second-order valence-corrected chi connectivity index (χ2v) is 19.4. The monoisotopic (exact) mass is 811 g/mol. The number of ether oxygens (including phenoxy) is 4. The molecule has 59 heavy (non-hydrogen) atoms. The third kappa shape index (κ3) is 6.41. The van der Waals surface area contributed by atoms with Crippen LogP contribution in [0.15, 0.2) is 54.1 Å². The van der Waals surface area contributed by atoms with E-state index in [0.29, 0.717) is 24.7 Å². The second-order valence-electron chi connectivity index (χ2n) is 19.4. The van der Waals surface area contributed by atoms with Crippen molar-refractivity contribution in [2.24, 2.45) is 22.7 Å². The molecule has 2 amide bonds. The van der Waals surface area contributed by atoms with Crippen molar-refractivity contribution < 1.29 is 48.4 Å². The summed E-state index contributed by atoms with van der Waals surface area (Å²) in [6.45, 7) is 8.25. The van der Waals surface area contributed by atoms with Crippen LogP contribution >= 0.6 is 0 Å². The number of rotatable bonds is 9. The van der Waals surface area contributed by atoms with Crippen LogP contribution in [-0.2, 0) is 57.6 Å². The first-order valence-corrected chi connectivity index (χ1v) is 21.6. The number of amides is 2. The zero-order chi connectivity index (χ0) is 41.1. The molecule has 2 bridgehead atoms. The molecule has 2 aromatic rings. The number of nitrogens with one attached hydrogen (secondary N) is 2. The normalized spacial score (nSPS) is 38.6. The van der Waals surface area contributed by atoms with Crippen LogP contribution in [0.3, 0.4) is 0 Å². The Bertz CT molecular complexity index is 2050. The van der Waals surface area contributed by atoms with Crippen LogP contribution < -0.4 is 10.6 Å². The van der Waals surface area contributed by atoms with Gasteiger partial charge in [-0.05, 0) is 85.5 Å². The van der Waals surface area contributed by atoms with E-state index in [1.807, 2.05) is 30.3 Å². The van der Waals surface area contributed by atoms with Gasteiger partial charge >= 0.3 is 5.97 Å². The number of epoxide rings is 1. The van der Waals surface area contributed by atoms with Crippen molar-refractivity contribution in [1.29, 1.82) is 0 Å². The zero-order valence-electron chi connectivity index (χ0n) is 34.4. The number of fused-ring (bicyclic) bond motifs is 7. The van der Waals surface area contributed by atoms with Gasteiger partial charge in [-0.2, -0.15) is 5.06 Å². The highest BCUT2D eigenvalue weighted by molar-refractivity contribution is 5.96. The Hall–Kier alpha value is -3.69. The summed E-state index contributed by atoms with van der Waals surface area (Å²) in [5, 5.41) is 27.1. The molecule has 12 unspecified atom stereocenters. The van der Waals surface area contributed by atoms with Gasteiger partial charge in [-0.15, -0.1) is 0 Å². The molecule has 10 rings (SSSR count). The lowest BCUT2D eigenvalue weighted by Crippen LogP contribution is -2.71. The van der Waals surface area contributed by atoms with E-state index in [-0.39, 0.29) is 43.2 Å². The number of benzene rings is 2. The van der Waals surface area contributed by atoms with E-state index in [4.69, 9.17) is 23.8 Å². The fourth-order valence-corrected chi connectivity index (χ4v) is 12.1. The van der Waals surface area contributed by atoms with Crippen LogP contribution in [0.2, 0.25) is 0 Å². The summed E-state index contributed by atoms with van der Waals surface area (Å²) in [6, 6.07) is 13.7. The number of hydroxylamine groups is 2. The van der Waals surface area contributed by atoms with Crippen molar-refractivity contribution in [2.75, 3.05) is 13.2 Å². The standard InChI is InChI=1S/C46H57N3O10/c1-25(51)35(40(52)47-17-18-50)48-42(54)46-23-33-36-37(58-45(57-36)20-28-10-6-7-11-29(28)21-45)39(46)59-49(38(46)41(53)55-33)24-30-12-8-5-9-26(30)19-27-13-14-34-44(4,56-34)16-15-32-31(27)22-43(32,2)3/h5-12,19,25,31-39,50-51H,13-18,20-24H2,1-4H3,(H,47,52)(H,48,54). The van der Waals surface area contributed by atoms with Crippen LogP contribution in [0.4, 0.5) is 0 Å². The number of allylic oxidation sites excluding steroid dienone is 1. The Labute approximate surface area is 345 Å². The summed E-state index contributed by atoms with van der Waals surface area (Å²) < 4.78 is 26.1. The number of esters is 1. The maximum Gasteiger partial charge on any atom is 0.327 e. The topological polar surface area (TPSA) is 168 Å². The summed E-state index contributed by atoms with van der Waals surface area (Å²) >= 11 is 0. The van der Waals surface area contributed by atoms with E-state index in [2.05, 4.69) is 55.7 Å². The molecule has 4 saturated heterocycles. The van der Waals surface area contributed by atoms with Crippen LogP contribution in [0.25, 0.3) is 6.08 Å². The number of carbonyl (C=O) groups is 3. The number of aliphatic hydroxyl groups is 2. The highest BCUT2D eigenvalue weighted by Gasteiger charge is 2.76. The summed E-state index contributed by atoms with van der Waals surface area (Å²) in [5.41, 5.74) is 4.30. The van der Waals surface area contributed by atoms with Crippen molar-refractivity contribution in [3.63, 3.8) is 0 Å². The predicted octanol–water partition coefficient (Wildman–Crippen LogP) is 3.52. The molecule has 13 heteroatoms. The summed E-state index contributed by atoms with van der Waals surface area (Å²) in [6.07, 6.45) is 4.44. The first kappa shape index (κ1) is 39.4. The Balaban J connectivity index is 0.995. The Morgan fingerprint density at radius 2 is 1.71 bits per heavy atom. The predicted molar refractivity (Wildman–Crippen MR) is 213 cm³/mol. The summed E-state index contributed by atoms with van der Waals surface area (Å²) in [7, 11) is 0. The molecule has 13 nitrogen and oxygen atoms in total.